The highest BCUT2D eigenvalue weighted by Gasteiger charge is 2.45. The van der Waals surface area contributed by atoms with Crippen molar-refractivity contribution in [2.75, 3.05) is 13.7 Å². The number of hydrazine groups is 1. The number of carbonyl (C=O) groups excluding carboxylic acids is 5. The number of rotatable bonds is 8. The Hall–Kier alpha value is -4.55. The molecule has 1 aromatic heterocycles. The topological polar surface area (TPSA) is 175 Å². The summed E-state index contributed by atoms with van der Waals surface area (Å²) in [7, 11) is 1.46. The van der Waals surface area contributed by atoms with Crippen LogP contribution in [0.4, 0.5) is 0 Å². The number of pyridine rings is 1. The number of amides is 4. The van der Waals surface area contributed by atoms with Crippen LogP contribution in [0, 0.1) is 0 Å². The van der Waals surface area contributed by atoms with E-state index in [1.165, 1.54) is 18.2 Å². The molecule has 1 aromatic carbocycles. The number of nitrogens with zero attached hydrogens (tertiary/aromatic N) is 3. The molecular weight excluding hydrogens is 498 g/mol. The number of hydrogen-bond donors (Lipinski definition) is 3. The van der Waals surface area contributed by atoms with Crippen LogP contribution in [0.25, 0.3) is 10.9 Å². The Kier molecular flexibility index (Phi) is 7.84. The van der Waals surface area contributed by atoms with Gasteiger partial charge in [-0.3, -0.25) is 29.0 Å². The maximum Gasteiger partial charge on any atom is 0.305 e. The van der Waals surface area contributed by atoms with Crippen LogP contribution in [-0.4, -0.2) is 87.8 Å². The van der Waals surface area contributed by atoms with Crippen molar-refractivity contribution in [3.05, 3.63) is 36.0 Å². The number of aldehydes is 1. The summed E-state index contributed by atoms with van der Waals surface area (Å²) in [5.41, 5.74) is 0.528. The second-order valence-corrected chi connectivity index (χ2v) is 9.00. The second kappa shape index (κ2) is 11.2. The van der Waals surface area contributed by atoms with E-state index in [1.54, 1.807) is 18.2 Å². The second-order valence-electron chi connectivity index (χ2n) is 9.00. The first-order valence-corrected chi connectivity index (χ1v) is 12.1. The largest absolute Gasteiger partial charge is 0.496 e. The first-order valence-electron chi connectivity index (χ1n) is 12.1. The van der Waals surface area contributed by atoms with Crippen molar-refractivity contribution in [2.24, 2.45) is 0 Å². The summed E-state index contributed by atoms with van der Waals surface area (Å²) in [6.45, 7) is 0.199. The lowest BCUT2D eigenvalue weighted by atomic mass is 10.0. The van der Waals surface area contributed by atoms with Crippen LogP contribution in [0.15, 0.2) is 30.3 Å². The highest BCUT2D eigenvalue weighted by Crippen LogP contribution is 2.27. The number of hydrogen-bond acceptors (Lipinski definition) is 8. The molecular formula is C25H27N5O8. The molecule has 2 fully saturated rings. The molecule has 13 nitrogen and oxygen atoms in total. The standard InChI is InChI=1S/C25H27N5O8/c1-38-20-12-18(27-16-6-3-2-5-15(16)20)23(35)28-17-8-9-21(32)29-10-4-7-19(30(29)25(17)37)24(36)26-14(13-31)11-22(33)34/h2-3,5-6,12-14,17,19H,4,7-11H2,1H3,(H,26,36)(H,28,35)(H,33,34)/t14-,17-,19-/m0/s1. The number of fused-ring (bicyclic) bond motifs is 2. The Balaban J connectivity index is 1.57. The lowest BCUT2D eigenvalue weighted by Crippen LogP contribution is -2.64. The summed E-state index contributed by atoms with van der Waals surface area (Å²) in [6, 6.07) is 4.95. The van der Waals surface area contributed by atoms with E-state index in [4.69, 9.17) is 9.84 Å². The number of carboxylic acids is 1. The molecule has 0 aliphatic carbocycles. The SMILES string of the molecule is COc1cc(C(=O)N[C@H]2CCC(=O)N3CCC[C@@H](C(=O)N[C@H](C=O)CC(=O)O)N3C2=O)nc2ccccc12. The van der Waals surface area contributed by atoms with Gasteiger partial charge in [0.15, 0.2) is 0 Å². The van der Waals surface area contributed by atoms with E-state index < -0.39 is 54.1 Å². The Bertz CT molecular complexity index is 1300. The van der Waals surface area contributed by atoms with Crippen LogP contribution in [0.3, 0.4) is 0 Å². The molecule has 0 bridgehead atoms. The lowest BCUT2D eigenvalue weighted by Gasteiger charge is -2.43. The van der Waals surface area contributed by atoms with E-state index in [9.17, 15) is 28.8 Å². The zero-order valence-corrected chi connectivity index (χ0v) is 20.6. The van der Waals surface area contributed by atoms with Gasteiger partial charge in [-0.05, 0) is 31.4 Å². The van der Waals surface area contributed by atoms with Gasteiger partial charge in [-0.15, -0.1) is 0 Å². The molecule has 3 atom stereocenters. The molecule has 0 unspecified atom stereocenters. The first kappa shape index (κ1) is 26.5. The molecule has 2 aliphatic rings. The van der Waals surface area contributed by atoms with E-state index >= 15 is 0 Å². The highest BCUT2D eigenvalue weighted by atomic mass is 16.5. The fraction of sp³-hybridized carbons (Fsp3) is 0.400. The molecule has 0 radical (unpaired) electrons. The van der Waals surface area contributed by atoms with E-state index in [-0.39, 0.29) is 31.5 Å². The number of methoxy groups -OCH3 is 1. The number of aromatic nitrogens is 1. The smallest absolute Gasteiger partial charge is 0.305 e. The Morgan fingerprint density at radius 1 is 1.24 bits per heavy atom. The monoisotopic (exact) mass is 525 g/mol. The fourth-order valence-corrected chi connectivity index (χ4v) is 4.67. The molecule has 4 rings (SSSR count). The Morgan fingerprint density at radius 3 is 2.71 bits per heavy atom. The first-order chi connectivity index (χ1) is 18.2. The summed E-state index contributed by atoms with van der Waals surface area (Å²) >= 11 is 0. The molecule has 3 heterocycles. The summed E-state index contributed by atoms with van der Waals surface area (Å²) in [5.74, 6) is -3.34. The summed E-state index contributed by atoms with van der Waals surface area (Å²) in [5, 5.41) is 16.9. The van der Waals surface area contributed by atoms with Crippen molar-refractivity contribution < 1.29 is 38.6 Å². The zero-order chi connectivity index (χ0) is 27.4. The normalized spacial score (nSPS) is 20.2. The Labute approximate surface area is 217 Å². The van der Waals surface area contributed by atoms with Crippen molar-refractivity contribution >= 4 is 46.8 Å². The minimum absolute atomic E-state index is 0.00540. The van der Waals surface area contributed by atoms with E-state index in [1.807, 2.05) is 6.07 Å². The third kappa shape index (κ3) is 5.41. The third-order valence-electron chi connectivity index (χ3n) is 6.49. The highest BCUT2D eigenvalue weighted by molar-refractivity contribution is 6.01. The van der Waals surface area contributed by atoms with Crippen molar-refractivity contribution in [1.82, 2.24) is 25.6 Å². The maximum absolute atomic E-state index is 13.6. The van der Waals surface area contributed by atoms with Gasteiger partial charge in [-0.2, -0.15) is 0 Å². The maximum atomic E-state index is 13.6. The predicted molar refractivity (Wildman–Crippen MR) is 131 cm³/mol. The van der Waals surface area contributed by atoms with E-state index in [2.05, 4.69) is 15.6 Å². The van der Waals surface area contributed by atoms with Crippen LogP contribution in [0.2, 0.25) is 0 Å². The number of benzene rings is 1. The van der Waals surface area contributed by atoms with Gasteiger partial charge in [0, 0.05) is 24.4 Å². The van der Waals surface area contributed by atoms with Gasteiger partial charge in [-0.1, -0.05) is 12.1 Å². The number of carboxylic acid groups (broad SMARTS) is 1. The number of para-hydroxylation sites is 1. The summed E-state index contributed by atoms with van der Waals surface area (Å²) in [6.07, 6.45) is 0.229. The van der Waals surface area contributed by atoms with E-state index in [0.717, 1.165) is 5.01 Å². The van der Waals surface area contributed by atoms with E-state index in [0.29, 0.717) is 29.4 Å². The molecule has 2 aromatic rings. The minimum atomic E-state index is -1.29. The van der Waals surface area contributed by atoms with Crippen LogP contribution in [-0.2, 0) is 24.0 Å². The molecule has 38 heavy (non-hydrogen) atoms. The molecule has 0 saturated carbocycles. The quantitative estimate of drug-likeness (QED) is 0.402. The van der Waals surface area contributed by atoms with Gasteiger partial charge in [0.1, 0.15) is 29.8 Å². The molecule has 13 heteroatoms. The molecule has 4 amide bonds. The van der Waals surface area contributed by atoms with Crippen LogP contribution in [0.1, 0.15) is 42.6 Å². The molecule has 0 spiro atoms. The van der Waals surface area contributed by atoms with Gasteiger partial charge in [0.2, 0.25) is 11.8 Å². The number of carbonyl (C=O) groups is 6. The molecule has 200 valence electrons. The average Bonchev–Trinajstić information content (AvgIpc) is 3.03. The van der Waals surface area contributed by atoms with Gasteiger partial charge >= 0.3 is 5.97 Å². The summed E-state index contributed by atoms with van der Waals surface area (Å²) in [4.78, 5) is 79.2. The van der Waals surface area contributed by atoms with Gasteiger partial charge < -0.3 is 25.3 Å². The fourth-order valence-electron chi connectivity index (χ4n) is 4.67. The van der Waals surface area contributed by atoms with Crippen molar-refractivity contribution in [3.63, 3.8) is 0 Å². The van der Waals surface area contributed by atoms with Crippen molar-refractivity contribution in [3.8, 4) is 5.75 Å². The van der Waals surface area contributed by atoms with Gasteiger partial charge in [0.05, 0.1) is 25.1 Å². The lowest BCUT2D eigenvalue weighted by molar-refractivity contribution is -0.176. The molecule has 3 N–H and O–H groups in total. The van der Waals surface area contributed by atoms with Crippen LogP contribution in [0.5, 0.6) is 5.75 Å². The average molecular weight is 526 g/mol. The number of aliphatic carboxylic acids is 1. The third-order valence-corrected chi connectivity index (χ3v) is 6.49. The molecule has 2 aliphatic heterocycles. The van der Waals surface area contributed by atoms with Gasteiger partial charge in [0.25, 0.3) is 11.8 Å². The summed E-state index contributed by atoms with van der Waals surface area (Å²) < 4.78 is 5.39. The predicted octanol–water partition coefficient (Wildman–Crippen LogP) is 0.0286. The molecule has 2 saturated heterocycles. The van der Waals surface area contributed by atoms with Crippen molar-refractivity contribution in [1.29, 1.82) is 0 Å². The van der Waals surface area contributed by atoms with Crippen LogP contribution >= 0.6 is 0 Å². The number of nitrogens with one attached hydrogen (secondary N) is 2. The van der Waals surface area contributed by atoms with Crippen molar-refractivity contribution in [2.45, 2.75) is 50.2 Å². The van der Waals surface area contributed by atoms with Crippen LogP contribution < -0.4 is 15.4 Å². The minimum Gasteiger partial charge on any atom is -0.496 e. The zero-order valence-electron chi connectivity index (χ0n) is 20.6. The van der Waals surface area contributed by atoms with Gasteiger partial charge in [-0.25, -0.2) is 9.99 Å². The number of ether oxygens (including phenoxy) is 1. The Morgan fingerprint density at radius 2 is 2.00 bits per heavy atom.